The number of hydrogen-bond donors (Lipinski definition) is 0. The first-order valence-electron chi connectivity index (χ1n) is 4.91. The molecule has 0 atom stereocenters. The maximum Gasteiger partial charge on any atom is 0.228 e. The quantitative estimate of drug-likeness (QED) is 0.761. The van der Waals surface area contributed by atoms with Gasteiger partial charge in [-0.25, -0.2) is 8.42 Å². The van der Waals surface area contributed by atoms with E-state index in [0.29, 0.717) is 6.54 Å². The smallest absolute Gasteiger partial charge is 0.228 e. The zero-order valence-electron chi connectivity index (χ0n) is 9.30. The average Bonchev–Trinajstić information content (AvgIpc) is 2.26. The molecule has 1 rings (SSSR count). The predicted molar refractivity (Wildman–Crippen MR) is 64.6 cm³/mol. The highest BCUT2D eigenvalue weighted by Crippen LogP contribution is 2.13. The number of sulfonamides is 1. The first-order valence-corrected chi connectivity index (χ1v) is 7.06. The van der Waals surface area contributed by atoms with E-state index in [4.69, 9.17) is 11.6 Å². The van der Waals surface area contributed by atoms with Gasteiger partial charge >= 0.3 is 0 Å². The van der Waals surface area contributed by atoms with Gasteiger partial charge in [0.1, 0.15) is 5.21 Å². The Labute approximate surface area is 101 Å². The average molecular weight is 263 g/mol. The summed E-state index contributed by atoms with van der Waals surface area (Å²) >= 11 is 5.45. The summed E-state index contributed by atoms with van der Waals surface area (Å²) in [5.74, 6) is 0. The zero-order chi connectivity index (χ0) is 12.2. The number of hydrogen-bond acceptors (Lipinski definition) is 3. The van der Waals surface area contributed by atoms with Crippen LogP contribution in [0.1, 0.15) is 19.4 Å². The lowest BCUT2D eigenvalue weighted by Gasteiger charge is -2.24. The zero-order valence-corrected chi connectivity index (χ0v) is 10.9. The third-order valence-electron chi connectivity index (χ3n) is 2.13. The Morgan fingerprint density at radius 1 is 1.50 bits per heavy atom. The monoisotopic (exact) mass is 262 g/mol. The Kier molecular flexibility index (Phi) is 4.70. The lowest BCUT2D eigenvalue weighted by Crippen LogP contribution is -2.36. The summed E-state index contributed by atoms with van der Waals surface area (Å²) in [5.41, 5.74) is 0.852. The third kappa shape index (κ3) is 3.43. The molecule has 0 unspecified atom stereocenters. The summed E-state index contributed by atoms with van der Waals surface area (Å²) < 4.78 is 24.8. The van der Waals surface area contributed by atoms with Crippen molar-refractivity contribution in [3.63, 3.8) is 0 Å². The van der Waals surface area contributed by atoms with Crippen molar-refractivity contribution in [2.24, 2.45) is 0 Å². The number of aromatic nitrogens is 1. The van der Waals surface area contributed by atoms with Gasteiger partial charge in [0.2, 0.25) is 10.0 Å². The highest BCUT2D eigenvalue weighted by atomic mass is 35.5. The summed E-state index contributed by atoms with van der Waals surface area (Å²) in [7, 11) is -3.39. The first-order chi connectivity index (χ1) is 7.47. The Bertz CT molecular complexity index is 420. The van der Waals surface area contributed by atoms with E-state index in [1.165, 1.54) is 4.31 Å². The highest BCUT2D eigenvalue weighted by molar-refractivity contribution is 7.90. The minimum absolute atomic E-state index is 0.121. The Balaban J connectivity index is 2.90. The second-order valence-electron chi connectivity index (χ2n) is 3.72. The largest absolute Gasteiger partial charge is 0.264 e. The van der Waals surface area contributed by atoms with Crippen molar-refractivity contribution in [3.05, 3.63) is 30.1 Å². The molecule has 0 saturated heterocycles. The van der Waals surface area contributed by atoms with Crippen LogP contribution in [0.4, 0.5) is 0 Å². The fraction of sp³-hybridized carbons (Fsp3) is 0.500. The van der Waals surface area contributed by atoms with Crippen LogP contribution in [-0.4, -0.2) is 29.0 Å². The van der Waals surface area contributed by atoms with Gasteiger partial charge in [0.15, 0.2) is 0 Å². The van der Waals surface area contributed by atoms with Gasteiger partial charge < -0.3 is 0 Å². The molecule has 0 bridgehead atoms. The van der Waals surface area contributed by atoms with E-state index in [9.17, 15) is 8.42 Å². The van der Waals surface area contributed by atoms with Crippen LogP contribution in [0.15, 0.2) is 24.5 Å². The molecule has 0 spiro atoms. The van der Waals surface area contributed by atoms with Gasteiger partial charge in [-0.15, -0.1) is 11.6 Å². The van der Waals surface area contributed by atoms with Crippen LogP contribution in [0.25, 0.3) is 0 Å². The molecule has 0 aliphatic rings. The van der Waals surface area contributed by atoms with Crippen LogP contribution < -0.4 is 0 Å². The van der Waals surface area contributed by atoms with Crippen LogP contribution in [-0.2, 0) is 16.6 Å². The number of nitrogens with zero attached hydrogens (tertiary/aromatic N) is 2. The summed E-state index contributed by atoms with van der Waals surface area (Å²) in [5, 5.41) is -0.397. The van der Waals surface area contributed by atoms with Crippen LogP contribution in [0, 0.1) is 0 Å². The van der Waals surface area contributed by atoms with Crippen molar-refractivity contribution in [2.45, 2.75) is 26.4 Å². The van der Waals surface area contributed by atoms with E-state index < -0.39 is 15.2 Å². The summed E-state index contributed by atoms with van der Waals surface area (Å²) in [4.78, 5) is 3.95. The maximum absolute atomic E-state index is 11.7. The van der Waals surface area contributed by atoms with Crippen LogP contribution in [0.2, 0.25) is 0 Å². The van der Waals surface area contributed by atoms with E-state index in [0.717, 1.165) is 5.56 Å². The van der Waals surface area contributed by atoms with Crippen molar-refractivity contribution in [1.82, 2.24) is 9.29 Å². The summed E-state index contributed by atoms with van der Waals surface area (Å²) in [6.45, 7) is 3.95. The van der Waals surface area contributed by atoms with E-state index in [2.05, 4.69) is 4.98 Å². The van der Waals surface area contributed by atoms with Gasteiger partial charge in [-0.2, -0.15) is 4.31 Å². The molecule has 1 aromatic rings. The fourth-order valence-electron chi connectivity index (χ4n) is 1.34. The van der Waals surface area contributed by atoms with Crippen molar-refractivity contribution in [1.29, 1.82) is 0 Å². The minimum Gasteiger partial charge on any atom is -0.264 e. The van der Waals surface area contributed by atoms with Gasteiger partial charge in [-0.3, -0.25) is 4.98 Å². The molecule has 0 aliphatic heterocycles. The third-order valence-corrected chi connectivity index (χ3v) is 4.50. The Morgan fingerprint density at radius 3 is 2.62 bits per heavy atom. The molecule has 6 heteroatoms. The Hall–Kier alpha value is -0.650. The fourth-order valence-corrected chi connectivity index (χ4v) is 2.83. The highest BCUT2D eigenvalue weighted by Gasteiger charge is 2.23. The summed E-state index contributed by atoms with van der Waals surface area (Å²) in [6.07, 6.45) is 3.30. The van der Waals surface area contributed by atoms with Gasteiger partial charge in [0, 0.05) is 25.0 Å². The van der Waals surface area contributed by atoms with Crippen LogP contribution in [0.3, 0.4) is 0 Å². The minimum atomic E-state index is -3.39. The normalized spacial score (nSPS) is 12.3. The lowest BCUT2D eigenvalue weighted by atomic mass is 10.2. The number of alkyl halides is 1. The van der Waals surface area contributed by atoms with E-state index >= 15 is 0 Å². The molecular weight excluding hydrogens is 248 g/mol. The molecule has 0 aromatic carbocycles. The maximum atomic E-state index is 11.7. The molecular formula is C10H15ClN2O2S. The molecule has 0 aliphatic carbocycles. The molecule has 0 N–H and O–H groups in total. The molecule has 90 valence electrons. The predicted octanol–water partition coefficient (Wildman–Crippen LogP) is 1.82. The second-order valence-corrected chi connectivity index (χ2v) is 6.23. The van der Waals surface area contributed by atoms with Crippen molar-refractivity contribution in [2.75, 3.05) is 5.21 Å². The standard InChI is InChI=1S/C10H15ClN2O2S/c1-9(2)13(16(14,15)8-11)7-10-4-3-5-12-6-10/h3-6,9H,7-8H2,1-2H3. The van der Waals surface area contributed by atoms with Gasteiger partial charge in [-0.05, 0) is 25.5 Å². The SMILES string of the molecule is CC(C)N(Cc1cccnc1)S(=O)(=O)CCl. The van der Waals surface area contributed by atoms with E-state index in [-0.39, 0.29) is 6.04 Å². The molecule has 4 nitrogen and oxygen atoms in total. The number of halogens is 1. The van der Waals surface area contributed by atoms with E-state index in [1.54, 1.807) is 18.5 Å². The number of rotatable bonds is 5. The lowest BCUT2D eigenvalue weighted by molar-refractivity contribution is 0.350. The number of pyridine rings is 1. The molecule has 0 saturated carbocycles. The second kappa shape index (κ2) is 5.61. The van der Waals surface area contributed by atoms with Crippen LogP contribution >= 0.6 is 11.6 Å². The topological polar surface area (TPSA) is 50.3 Å². The molecule has 0 radical (unpaired) electrons. The van der Waals surface area contributed by atoms with E-state index in [1.807, 2.05) is 19.9 Å². The van der Waals surface area contributed by atoms with Gasteiger partial charge in [0.05, 0.1) is 0 Å². The van der Waals surface area contributed by atoms with Gasteiger partial charge in [0.25, 0.3) is 0 Å². The molecule has 0 amide bonds. The van der Waals surface area contributed by atoms with Crippen molar-refractivity contribution < 1.29 is 8.42 Å². The van der Waals surface area contributed by atoms with Crippen molar-refractivity contribution >= 4 is 21.6 Å². The summed E-state index contributed by atoms with van der Waals surface area (Å²) in [6, 6.07) is 3.50. The molecule has 1 aromatic heterocycles. The van der Waals surface area contributed by atoms with Crippen LogP contribution in [0.5, 0.6) is 0 Å². The van der Waals surface area contributed by atoms with Gasteiger partial charge in [-0.1, -0.05) is 6.07 Å². The molecule has 0 fully saturated rings. The Morgan fingerprint density at radius 2 is 2.19 bits per heavy atom. The first kappa shape index (κ1) is 13.4. The molecule has 1 heterocycles. The molecule has 16 heavy (non-hydrogen) atoms. The van der Waals surface area contributed by atoms with Crippen molar-refractivity contribution in [3.8, 4) is 0 Å².